The van der Waals surface area contributed by atoms with Gasteiger partial charge < -0.3 is 11.1 Å². The van der Waals surface area contributed by atoms with Gasteiger partial charge in [0, 0.05) is 7.05 Å². The molecule has 0 saturated carbocycles. The monoisotopic (exact) mass is 173 g/mol. The summed E-state index contributed by atoms with van der Waals surface area (Å²) in [5.41, 5.74) is 6.54. The first-order valence-electron chi connectivity index (χ1n) is 3.45. The Kier molecular flexibility index (Phi) is 3.49. The molecule has 70 valence electrons. The van der Waals surface area contributed by atoms with Crippen molar-refractivity contribution in [3.8, 4) is 0 Å². The third-order valence-corrected chi connectivity index (χ3v) is 1.41. The maximum atomic E-state index is 10.8. The first kappa shape index (κ1) is 10.7. The fourth-order valence-electron chi connectivity index (χ4n) is 0.514. The van der Waals surface area contributed by atoms with E-state index in [1.165, 1.54) is 0 Å². The molecule has 6 heteroatoms. The van der Waals surface area contributed by atoms with Crippen LogP contribution in [-0.2, 0) is 4.79 Å². The van der Waals surface area contributed by atoms with Crippen LogP contribution in [0.5, 0.6) is 0 Å². The van der Waals surface area contributed by atoms with Crippen LogP contribution in [0.3, 0.4) is 0 Å². The zero-order chi connectivity index (χ0) is 9.78. The van der Waals surface area contributed by atoms with E-state index < -0.39 is 11.4 Å². The molecular formula is C6H15N5O. The molecule has 0 aromatic heterocycles. The Morgan fingerprint density at radius 2 is 2.00 bits per heavy atom. The predicted octanol–water partition coefficient (Wildman–Crippen LogP) is -1.71. The standard InChI is InChI=1S/C6H15N5O/c1-6(2,4(7)12)10-5(9-3)11-8/h8H2,1-3H3,(H2,7,12)(H2,9,10,11). The first-order chi connectivity index (χ1) is 5.44. The number of carbonyl (C=O) groups is 1. The quantitative estimate of drug-likeness (QED) is 0.173. The summed E-state index contributed by atoms with van der Waals surface area (Å²) in [6.45, 7) is 3.27. The van der Waals surface area contributed by atoms with E-state index in [1.807, 2.05) is 0 Å². The highest BCUT2D eigenvalue weighted by molar-refractivity contribution is 5.90. The fraction of sp³-hybridized carbons (Fsp3) is 0.667. The van der Waals surface area contributed by atoms with Crippen molar-refractivity contribution in [1.82, 2.24) is 10.7 Å². The van der Waals surface area contributed by atoms with Gasteiger partial charge in [-0.1, -0.05) is 0 Å². The van der Waals surface area contributed by atoms with Crippen LogP contribution in [0.1, 0.15) is 13.8 Å². The lowest BCUT2D eigenvalue weighted by atomic mass is 10.1. The minimum absolute atomic E-state index is 0.318. The molecule has 0 saturated heterocycles. The third kappa shape index (κ3) is 2.75. The summed E-state index contributed by atoms with van der Waals surface area (Å²) in [5.74, 6) is 4.94. The summed E-state index contributed by atoms with van der Waals surface area (Å²) in [5, 5.41) is 2.73. The van der Waals surface area contributed by atoms with Crippen molar-refractivity contribution in [3.05, 3.63) is 0 Å². The van der Waals surface area contributed by atoms with E-state index in [4.69, 9.17) is 11.6 Å². The van der Waals surface area contributed by atoms with Crippen molar-refractivity contribution >= 4 is 11.9 Å². The van der Waals surface area contributed by atoms with E-state index in [9.17, 15) is 4.79 Å². The van der Waals surface area contributed by atoms with Crippen molar-refractivity contribution in [2.45, 2.75) is 19.4 Å². The van der Waals surface area contributed by atoms with Crippen molar-refractivity contribution < 1.29 is 4.79 Å². The van der Waals surface area contributed by atoms with Gasteiger partial charge in [0.2, 0.25) is 11.9 Å². The number of amides is 1. The zero-order valence-electron chi connectivity index (χ0n) is 7.51. The molecule has 12 heavy (non-hydrogen) atoms. The van der Waals surface area contributed by atoms with Gasteiger partial charge in [-0.25, -0.2) is 5.84 Å². The van der Waals surface area contributed by atoms with Crippen LogP contribution < -0.4 is 22.3 Å². The summed E-state index contributed by atoms with van der Waals surface area (Å²) in [7, 11) is 1.54. The van der Waals surface area contributed by atoms with Crippen LogP contribution in [0.15, 0.2) is 4.99 Å². The van der Waals surface area contributed by atoms with E-state index in [0.29, 0.717) is 5.96 Å². The lowest BCUT2D eigenvalue weighted by Crippen LogP contribution is -2.57. The van der Waals surface area contributed by atoms with Gasteiger partial charge in [0.1, 0.15) is 5.54 Å². The molecule has 0 aromatic carbocycles. The van der Waals surface area contributed by atoms with Crippen LogP contribution in [-0.4, -0.2) is 24.5 Å². The number of carbonyl (C=O) groups excluding carboxylic acids is 1. The number of hydrazine groups is 1. The maximum Gasteiger partial charge on any atom is 0.242 e. The molecule has 0 spiro atoms. The van der Waals surface area contributed by atoms with Crippen LogP contribution in [0, 0.1) is 0 Å². The van der Waals surface area contributed by atoms with Gasteiger partial charge in [0.05, 0.1) is 0 Å². The summed E-state index contributed by atoms with van der Waals surface area (Å²) in [6, 6.07) is 0. The normalized spacial score (nSPS) is 12.5. The minimum Gasteiger partial charge on any atom is -0.368 e. The predicted molar refractivity (Wildman–Crippen MR) is 47.1 cm³/mol. The molecule has 0 aliphatic carbocycles. The lowest BCUT2D eigenvalue weighted by molar-refractivity contribution is -0.122. The molecule has 6 nitrogen and oxygen atoms in total. The highest BCUT2D eigenvalue weighted by atomic mass is 16.1. The molecule has 0 rings (SSSR count). The Morgan fingerprint density at radius 3 is 2.25 bits per heavy atom. The number of hydrogen-bond donors (Lipinski definition) is 4. The average Bonchev–Trinajstić information content (AvgIpc) is 2.00. The van der Waals surface area contributed by atoms with E-state index in [-0.39, 0.29) is 0 Å². The lowest BCUT2D eigenvalue weighted by Gasteiger charge is -2.23. The molecule has 0 fully saturated rings. The number of rotatable bonds is 2. The largest absolute Gasteiger partial charge is 0.368 e. The summed E-state index contributed by atoms with van der Waals surface area (Å²) in [4.78, 5) is 14.6. The van der Waals surface area contributed by atoms with Gasteiger partial charge >= 0.3 is 0 Å². The Hall–Kier alpha value is -1.30. The van der Waals surface area contributed by atoms with Crippen molar-refractivity contribution in [2.75, 3.05) is 7.05 Å². The Bertz CT molecular complexity index is 198. The highest BCUT2D eigenvalue weighted by Crippen LogP contribution is 1.98. The molecule has 0 radical (unpaired) electrons. The summed E-state index contributed by atoms with van der Waals surface area (Å²) >= 11 is 0. The number of nitrogens with two attached hydrogens (primary N) is 2. The van der Waals surface area contributed by atoms with Crippen LogP contribution >= 0.6 is 0 Å². The Labute approximate surface area is 71.4 Å². The highest BCUT2D eigenvalue weighted by Gasteiger charge is 2.25. The second-order valence-corrected chi connectivity index (χ2v) is 2.83. The van der Waals surface area contributed by atoms with Gasteiger partial charge in [0.15, 0.2) is 0 Å². The smallest absolute Gasteiger partial charge is 0.242 e. The van der Waals surface area contributed by atoms with E-state index in [2.05, 4.69) is 15.7 Å². The fourth-order valence-corrected chi connectivity index (χ4v) is 0.514. The van der Waals surface area contributed by atoms with Crippen LogP contribution in [0.4, 0.5) is 0 Å². The van der Waals surface area contributed by atoms with Gasteiger partial charge in [-0.2, -0.15) is 0 Å². The molecule has 0 bridgehead atoms. The number of nitrogens with one attached hydrogen (secondary N) is 2. The number of guanidine groups is 1. The molecule has 0 unspecified atom stereocenters. The number of primary amides is 1. The van der Waals surface area contributed by atoms with Crippen molar-refractivity contribution in [1.29, 1.82) is 0 Å². The molecule has 0 aliphatic heterocycles. The number of hydrogen-bond acceptors (Lipinski definition) is 3. The van der Waals surface area contributed by atoms with Crippen molar-refractivity contribution in [3.63, 3.8) is 0 Å². The van der Waals surface area contributed by atoms with E-state index >= 15 is 0 Å². The molecule has 0 atom stereocenters. The third-order valence-electron chi connectivity index (χ3n) is 1.41. The number of aliphatic imine (C=N–C) groups is 1. The van der Waals surface area contributed by atoms with E-state index in [0.717, 1.165) is 0 Å². The zero-order valence-corrected chi connectivity index (χ0v) is 7.51. The topological polar surface area (TPSA) is 106 Å². The summed E-state index contributed by atoms with van der Waals surface area (Å²) < 4.78 is 0. The van der Waals surface area contributed by atoms with Gasteiger partial charge in [-0.3, -0.25) is 15.2 Å². The maximum absolute atomic E-state index is 10.8. The SMILES string of the molecule is CN=C(NN)NC(C)(C)C(N)=O. The van der Waals surface area contributed by atoms with Crippen LogP contribution in [0.25, 0.3) is 0 Å². The molecule has 0 aromatic rings. The van der Waals surface area contributed by atoms with Crippen molar-refractivity contribution in [2.24, 2.45) is 16.6 Å². The molecule has 1 amide bonds. The second kappa shape index (κ2) is 3.91. The first-order valence-corrected chi connectivity index (χ1v) is 3.45. The van der Waals surface area contributed by atoms with Gasteiger partial charge in [0.25, 0.3) is 0 Å². The molecule has 0 heterocycles. The van der Waals surface area contributed by atoms with Gasteiger partial charge in [-0.05, 0) is 13.8 Å². The van der Waals surface area contributed by atoms with E-state index in [1.54, 1.807) is 20.9 Å². The number of nitrogens with zero attached hydrogens (tertiary/aromatic N) is 1. The van der Waals surface area contributed by atoms with Crippen LogP contribution in [0.2, 0.25) is 0 Å². The summed E-state index contributed by atoms with van der Waals surface area (Å²) in [6.07, 6.45) is 0. The Morgan fingerprint density at radius 1 is 1.50 bits per heavy atom. The Balaban J connectivity index is 4.33. The molecule has 0 aliphatic rings. The second-order valence-electron chi connectivity index (χ2n) is 2.83. The minimum atomic E-state index is -0.860. The molecular weight excluding hydrogens is 158 g/mol. The van der Waals surface area contributed by atoms with Gasteiger partial charge in [-0.15, -0.1) is 0 Å². The molecule has 6 N–H and O–H groups in total. The average molecular weight is 173 g/mol.